The lowest BCUT2D eigenvalue weighted by Gasteiger charge is -2.49. The van der Waals surface area contributed by atoms with Crippen molar-refractivity contribution in [2.24, 2.45) is 11.5 Å². The first-order valence-electron chi connectivity index (χ1n) is 10.6. The smallest absolute Gasteiger partial charge is 0.352 e. The second-order valence-electron chi connectivity index (χ2n) is 7.83. The highest BCUT2D eigenvalue weighted by Crippen LogP contribution is 2.42. The summed E-state index contributed by atoms with van der Waals surface area (Å²) < 4.78 is 5.90. The van der Waals surface area contributed by atoms with Crippen molar-refractivity contribution in [1.29, 1.82) is 0 Å². The molecule has 190 valence electrons. The Kier molecular flexibility index (Phi) is 7.82. The number of carbonyl (C=O) groups is 4. The van der Waals surface area contributed by atoms with E-state index in [-0.39, 0.29) is 12.3 Å². The summed E-state index contributed by atoms with van der Waals surface area (Å²) in [6, 6.07) is 4.28. The van der Waals surface area contributed by atoms with Gasteiger partial charge in [0.1, 0.15) is 33.9 Å². The first kappa shape index (κ1) is 25.9. The number of aryl methyl sites for hydroxylation is 1. The van der Waals surface area contributed by atoms with E-state index in [0.717, 1.165) is 9.35 Å². The van der Waals surface area contributed by atoms with Crippen LogP contribution in [0.3, 0.4) is 0 Å². The third-order valence-electron chi connectivity index (χ3n) is 5.33. The average molecular weight is 551 g/mol. The monoisotopic (exact) mass is 550 g/mol. The fourth-order valence-electron chi connectivity index (χ4n) is 3.60. The van der Waals surface area contributed by atoms with E-state index in [0.29, 0.717) is 28.4 Å². The van der Waals surface area contributed by atoms with Crippen molar-refractivity contribution < 1.29 is 29.0 Å². The van der Waals surface area contributed by atoms with Crippen LogP contribution in [0.5, 0.6) is 5.75 Å². The van der Waals surface area contributed by atoms with Crippen LogP contribution in [-0.2, 0) is 19.2 Å². The van der Waals surface area contributed by atoms with E-state index in [1.54, 1.807) is 24.3 Å². The Hall–Kier alpha value is -3.14. The molecule has 2 aliphatic rings. The molecule has 1 fully saturated rings. The number of carbonyl (C=O) groups excluding carboxylic acids is 3. The molecule has 1 aromatic heterocycles. The number of fused-ring (bicyclic) bond motifs is 1. The van der Waals surface area contributed by atoms with E-state index >= 15 is 0 Å². The van der Waals surface area contributed by atoms with Crippen molar-refractivity contribution >= 4 is 58.6 Å². The second-order valence-corrected chi connectivity index (χ2v) is 11.3. The molecule has 0 spiro atoms. The van der Waals surface area contributed by atoms with Crippen LogP contribution in [0, 0.1) is 6.92 Å². The molecule has 3 heterocycles. The standard InChI is InChI=1S/C21H22N6O6S3/c1-9-25-26-21(36-9)35-8-11-7-34-19-15(18(30)27(19)16(11)20(31)32)24-17(29)14(23)10-2-4-12(5-3-10)33-6-13(22)28/h2-5,14-15,19H,6-8,23H2,1H3,(H2,22,28)(H,24,29)(H,31,32)/t14?,15?,19-/m0/s1. The topological polar surface area (TPSA) is 191 Å². The minimum atomic E-state index is -1.20. The highest BCUT2D eigenvalue weighted by atomic mass is 32.2. The van der Waals surface area contributed by atoms with Crippen LogP contribution in [0.1, 0.15) is 16.6 Å². The number of hydrogen-bond acceptors (Lipinski definition) is 11. The van der Waals surface area contributed by atoms with Crippen molar-refractivity contribution in [2.45, 2.75) is 28.7 Å². The van der Waals surface area contributed by atoms with Crippen molar-refractivity contribution in [3.05, 3.63) is 46.1 Å². The fourth-order valence-corrected chi connectivity index (χ4v) is 6.90. The summed E-state index contributed by atoms with van der Waals surface area (Å²) in [6.07, 6.45) is 0. The average Bonchev–Trinajstić information content (AvgIpc) is 3.28. The Morgan fingerprint density at radius 2 is 2.03 bits per heavy atom. The van der Waals surface area contributed by atoms with Gasteiger partial charge in [-0.3, -0.25) is 19.3 Å². The summed E-state index contributed by atoms with van der Waals surface area (Å²) >= 11 is 4.16. The van der Waals surface area contributed by atoms with E-state index in [1.807, 2.05) is 6.92 Å². The number of nitrogens with two attached hydrogens (primary N) is 2. The number of hydrogen-bond donors (Lipinski definition) is 4. The number of aromatic nitrogens is 2. The first-order valence-corrected chi connectivity index (χ1v) is 13.4. The number of aliphatic carboxylic acids is 1. The summed E-state index contributed by atoms with van der Waals surface area (Å²) in [5.74, 6) is -1.75. The Labute approximate surface area is 217 Å². The maximum Gasteiger partial charge on any atom is 0.352 e. The Morgan fingerprint density at radius 1 is 1.31 bits per heavy atom. The van der Waals surface area contributed by atoms with Crippen LogP contribution in [-0.4, -0.2) is 73.4 Å². The van der Waals surface area contributed by atoms with Crippen LogP contribution in [0.4, 0.5) is 0 Å². The predicted molar refractivity (Wildman–Crippen MR) is 133 cm³/mol. The van der Waals surface area contributed by atoms with Crippen LogP contribution >= 0.6 is 34.9 Å². The summed E-state index contributed by atoms with van der Waals surface area (Å²) in [4.78, 5) is 49.7. The molecule has 3 atom stereocenters. The zero-order valence-electron chi connectivity index (χ0n) is 18.9. The lowest BCUT2D eigenvalue weighted by molar-refractivity contribution is -0.150. The van der Waals surface area contributed by atoms with Gasteiger partial charge in [0.2, 0.25) is 5.91 Å². The Balaban J connectivity index is 1.39. The lowest BCUT2D eigenvalue weighted by atomic mass is 10.0. The third kappa shape index (κ3) is 5.48. The SMILES string of the molecule is Cc1nnc(SCC2=C(C(=O)O)N3C(=O)C(NC(=O)C(N)c4ccc(OCC(N)=O)cc4)[C@@H]3SC2)s1. The van der Waals surface area contributed by atoms with Crippen LogP contribution in [0.2, 0.25) is 0 Å². The predicted octanol–water partition coefficient (Wildman–Crippen LogP) is 0.241. The van der Waals surface area contributed by atoms with E-state index < -0.39 is 41.1 Å². The number of primary amides is 1. The van der Waals surface area contributed by atoms with Crippen molar-refractivity contribution in [3.8, 4) is 5.75 Å². The molecule has 3 amide bonds. The van der Waals surface area contributed by atoms with Gasteiger partial charge in [0, 0.05) is 11.5 Å². The van der Waals surface area contributed by atoms with E-state index in [2.05, 4.69) is 15.5 Å². The van der Waals surface area contributed by atoms with Gasteiger partial charge in [0.15, 0.2) is 10.9 Å². The van der Waals surface area contributed by atoms with Crippen molar-refractivity contribution in [1.82, 2.24) is 20.4 Å². The highest BCUT2D eigenvalue weighted by molar-refractivity contribution is 8.01. The number of benzene rings is 1. The molecule has 2 unspecified atom stereocenters. The third-order valence-corrected chi connectivity index (χ3v) is 8.73. The zero-order chi connectivity index (χ0) is 26.0. The summed E-state index contributed by atoms with van der Waals surface area (Å²) in [6.45, 7) is 1.56. The van der Waals surface area contributed by atoms with E-state index in [4.69, 9.17) is 16.2 Å². The van der Waals surface area contributed by atoms with Gasteiger partial charge in [-0.15, -0.1) is 22.0 Å². The number of carboxylic acids is 1. The van der Waals surface area contributed by atoms with Gasteiger partial charge in [-0.25, -0.2) is 4.79 Å². The van der Waals surface area contributed by atoms with E-state index in [1.165, 1.54) is 39.8 Å². The molecule has 1 saturated heterocycles. The van der Waals surface area contributed by atoms with E-state index in [9.17, 15) is 24.3 Å². The second kappa shape index (κ2) is 10.9. The number of amides is 3. The number of nitrogens with one attached hydrogen (secondary N) is 1. The molecule has 0 bridgehead atoms. The normalized spacial score (nSPS) is 19.8. The number of thioether (sulfide) groups is 2. The zero-order valence-corrected chi connectivity index (χ0v) is 21.3. The van der Waals surface area contributed by atoms with Gasteiger partial charge >= 0.3 is 5.97 Å². The molecule has 6 N–H and O–H groups in total. The molecular formula is C21H22N6O6S3. The van der Waals surface area contributed by atoms with Gasteiger partial charge in [-0.2, -0.15) is 0 Å². The molecule has 15 heteroatoms. The molecule has 2 aromatic rings. The molecular weight excluding hydrogens is 528 g/mol. The molecule has 1 aromatic carbocycles. The molecule has 4 rings (SSSR count). The fraction of sp³-hybridized carbons (Fsp3) is 0.333. The molecule has 0 saturated carbocycles. The molecule has 0 aliphatic carbocycles. The number of ether oxygens (including phenoxy) is 1. The van der Waals surface area contributed by atoms with Gasteiger partial charge < -0.3 is 26.6 Å². The first-order chi connectivity index (χ1) is 17.2. The Morgan fingerprint density at radius 3 is 2.64 bits per heavy atom. The summed E-state index contributed by atoms with van der Waals surface area (Å²) in [5.41, 5.74) is 12.1. The van der Waals surface area contributed by atoms with Crippen LogP contribution in [0.25, 0.3) is 0 Å². The lowest BCUT2D eigenvalue weighted by Crippen LogP contribution is -2.71. The highest BCUT2D eigenvalue weighted by Gasteiger charge is 2.54. The van der Waals surface area contributed by atoms with Gasteiger partial charge in [0.05, 0.1) is 0 Å². The molecule has 12 nitrogen and oxygen atoms in total. The Bertz CT molecular complexity index is 1230. The minimum absolute atomic E-state index is 0.0566. The van der Waals surface area contributed by atoms with Gasteiger partial charge in [0.25, 0.3) is 11.8 Å². The molecule has 0 radical (unpaired) electrons. The van der Waals surface area contributed by atoms with Crippen molar-refractivity contribution in [3.63, 3.8) is 0 Å². The van der Waals surface area contributed by atoms with Gasteiger partial charge in [-0.1, -0.05) is 35.2 Å². The van der Waals surface area contributed by atoms with Crippen molar-refractivity contribution in [2.75, 3.05) is 18.1 Å². The van der Waals surface area contributed by atoms with Crippen LogP contribution < -0.4 is 21.5 Å². The summed E-state index contributed by atoms with van der Waals surface area (Å²) in [7, 11) is 0. The quantitative estimate of drug-likeness (QED) is 0.234. The minimum Gasteiger partial charge on any atom is -0.484 e. The molecule has 36 heavy (non-hydrogen) atoms. The largest absolute Gasteiger partial charge is 0.484 e. The summed E-state index contributed by atoms with van der Waals surface area (Å²) in [5, 5.41) is 20.7. The maximum atomic E-state index is 12.9. The number of rotatable bonds is 10. The van der Waals surface area contributed by atoms with Gasteiger partial charge in [-0.05, 0) is 30.2 Å². The molecule has 2 aliphatic heterocycles. The number of nitrogens with zero attached hydrogens (tertiary/aromatic N) is 3. The van der Waals surface area contributed by atoms with Crippen LogP contribution in [0.15, 0.2) is 39.9 Å². The number of carboxylic acid groups (broad SMARTS) is 1. The number of β-lactam (4-membered cyclic amide) rings is 1. The maximum absolute atomic E-state index is 12.9.